The molecule has 1 aliphatic rings. The average Bonchev–Trinajstić information content (AvgIpc) is 2.54. The van der Waals surface area contributed by atoms with E-state index >= 15 is 0 Å². The number of morpholine rings is 1. The second-order valence-electron chi connectivity index (χ2n) is 6.50. The van der Waals surface area contributed by atoms with Crippen molar-refractivity contribution < 1.29 is 14.3 Å². The standard InChI is InChI=1S/C19H25NO3/c1-6-13-19(5)16(21)20(18(4,7-2)17(22)23-19)14(3)15-11-9-8-10-12-15/h6,8-12,14H,1,7,13H2,2-5H3/t14-,18+,19-/m0/s1. The van der Waals surface area contributed by atoms with E-state index in [0.29, 0.717) is 12.8 Å². The first-order valence-corrected chi connectivity index (χ1v) is 8.03. The summed E-state index contributed by atoms with van der Waals surface area (Å²) in [6, 6.07) is 9.53. The van der Waals surface area contributed by atoms with Gasteiger partial charge in [-0.25, -0.2) is 4.79 Å². The Hall–Kier alpha value is -2.10. The first-order chi connectivity index (χ1) is 10.8. The number of amides is 1. The zero-order chi connectivity index (χ0) is 17.3. The van der Waals surface area contributed by atoms with Crippen molar-refractivity contribution in [2.45, 2.75) is 57.7 Å². The molecule has 3 atom stereocenters. The number of nitrogens with zero attached hydrogens (tertiary/aromatic N) is 1. The minimum Gasteiger partial charge on any atom is -0.447 e. The van der Waals surface area contributed by atoms with E-state index in [2.05, 4.69) is 6.58 Å². The van der Waals surface area contributed by atoms with Crippen molar-refractivity contribution in [3.63, 3.8) is 0 Å². The van der Waals surface area contributed by atoms with Gasteiger partial charge in [0.2, 0.25) is 0 Å². The molecule has 1 saturated heterocycles. The van der Waals surface area contributed by atoms with Crippen LogP contribution in [-0.2, 0) is 14.3 Å². The summed E-state index contributed by atoms with van der Waals surface area (Å²) in [5, 5.41) is 0. The highest BCUT2D eigenvalue weighted by Crippen LogP contribution is 2.40. The number of carbonyl (C=O) groups is 2. The summed E-state index contributed by atoms with van der Waals surface area (Å²) in [5.74, 6) is -0.524. The number of rotatable bonds is 5. The number of benzene rings is 1. The molecule has 23 heavy (non-hydrogen) atoms. The van der Waals surface area contributed by atoms with Crippen LogP contribution in [0.2, 0.25) is 0 Å². The lowest BCUT2D eigenvalue weighted by molar-refractivity contribution is -0.203. The molecule has 4 heteroatoms. The van der Waals surface area contributed by atoms with Gasteiger partial charge in [-0.15, -0.1) is 6.58 Å². The molecule has 1 aliphatic heterocycles. The zero-order valence-electron chi connectivity index (χ0n) is 14.3. The van der Waals surface area contributed by atoms with Gasteiger partial charge in [0.05, 0.1) is 6.04 Å². The van der Waals surface area contributed by atoms with Gasteiger partial charge in [0.1, 0.15) is 5.54 Å². The maximum absolute atomic E-state index is 13.2. The highest BCUT2D eigenvalue weighted by Gasteiger charge is 2.56. The molecule has 1 heterocycles. The molecule has 1 amide bonds. The van der Waals surface area contributed by atoms with Gasteiger partial charge in [0.15, 0.2) is 5.60 Å². The average molecular weight is 315 g/mol. The minimum absolute atomic E-state index is 0.169. The quantitative estimate of drug-likeness (QED) is 0.615. The predicted octanol–water partition coefficient (Wildman–Crippen LogP) is 3.64. The first-order valence-electron chi connectivity index (χ1n) is 8.03. The van der Waals surface area contributed by atoms with Gasteiger partial charge >= 0.3 is 5.97 Å². The summed E-state index contributed by atoms with van der Waals surface area (Å²) in [4.78, 5) is 27.5. The van der Waals surface area contributed by atoms with E-state index in [1.54, 1.807) is 24.8 Å². The zero-order valence-corrected chi connectivity index (χ0v) is 14.3. The monoisotopic (exact) mass is 315 g/mol. The van der Waals surface area contributed by atoms with E-state index in [-0.39, 0.29) is 17.9 Å². The maximum atomic E-state index is 13.2. The lowest BCUT2D eigenvalue weighted by atomic mass is 9.85. The van der Waals surface area contributed by atoms with Crippen LogP contribution in [0.5, 0.6) is 0 Å². The normalized spacial score (nSPS) is 29.1. The van der Waals surface area contributed by atoms with Gasteiger partial charge in [-0.1, -0.05) is 43.3 Å². The third-order valence-electron chi connectivity index (χ3n) is 4.85. The summed E-state index contributed by atoms with van der Waals surface area (Å²) in [6.07, 6.45) is 2.42. The van der Waals surface area contributed by atoms with Crippen molar-refractivity contribution in [2.75, 3.05) is 0 Å². The van der Waals surface area contributed by atoms with Crippen LogP contribution < -0.4 is 0 Å². The van der Waals surface area contributed by atoms with Crippen molar-refractivity contribution in [1.82, 2.24) is 4.90 Å². The van der Waals surface area contributed by atoms with Crippen LogP contribution in [0.15, 0.2) is 43.0 Å². The van der Waals surface area contributed by atoms with Gasteiger partial charge in [-0.2, -0.15) is 0 Å². The highest BCUT2D eigenvalue weighted by atomic mass is 16.6. The fourth-order valence-electron chi connectivity index (χ4n) is 3.14. The summed E-state index contributed by atoms with van der Waals surface area (Å²) in [6.45, 7) is 11.0. The molecule has 1 aromatic rings. The van der Waals surface area contributed by atoms with Gasteiger partial charge < -0.3 is 9.64 Å². The Morgan fingerprint density at radius 3 is 2.39 bits per heavy atom. The number of hydrogen-bond acceptors (Lipinski definition) is 3. The second-order valence-corrected chi connectivity index (χ2v) is 6.50. The first kappa shape index (κ1) is 17.3. The van der Waals surface area contributed by atoms with Crippen molar-refractivity contribution in [1.29, 1.82) is 0 Å². The number of carbonyl (C=O) groups excluding carboxylic acids is 2. The molecule has 0 spiro atoms. The molecule has 0 N–H and O–H groups in total. The number of esters is 1. The summed E-state index contributed by atoms with van der Waals surface area (Å²) < 4.78 is 5.55. The molecule has 2 rings (SSSR count). The Balaban J connectivity index is 2.51. The van der Waals surface area contributed by atoms with Crippen molar-refractivity contribution in [2.24, 2.45) is 0 Å². The minimum atomic E-state index is -1.18. The summed E-state index contributed by atoms with van der Waals surface area (Å²) >= 11 is 0. The van der Waals surface area contributed by atoms with E-state index in [4.69, 9.17) is 4.74 Å². The summed E-state index contributed by atoms with van der Waals surface area (Å²) in [5.41, 5.74) is -1.15. The Kier molecular flexibility index (Phi) is 4.64. The van der Waals surface area contributed by atoms with Crippen molar-refractivity contribution in [3.05, 3.63) is 48.6 Å². The third kappa shape index (κ3) is 2.78. The van der Waals surface area contributed by atoms with E-state index < -0.39 is 11.1 Å². The van der Waals surface area contributed by atoms with Gasteiger partial charge in [-0.3, -0.25) is 4.79 Å². The molecule has 0 bridgehead atoms. The van der Waals surface area contributed by atoms with E-state index in [1.165, 1.54) is 0 Å². The van der Waals surface area contributed by atoms with E-state index in [0.717, 1.165) is 5.56 Å². The van der Waals surface area contributed by atoms with Crippen molar-refractivity contribution >= 4 is 11.9 Å². The Bertz CT molecular complexity index is 612. The molecule has 0 saturated carbocycles. The van der Waals surface area contributed by atoms with Crippen LogP contribution in [0.4, 0.5) is 0 Å². The van der Waals surface area contributed by atoms with Crippen LogP contribution >= 0.6 is 0 Å². The predicted molar refractivity (Wildman–Crippen MR) is 89.7 cm³/mol. The molecule has 1 aromatic carbocycles. The van der Waals surface area contributed by atoms with Crippen LogP contribution in [0.25, 0.3) is 0 Å². The molecule has 0 aliphatic carbocycles. The molecule has 0 radical (unpaired) electrons. The fourth-order valence-corrected chi connectivity index (χ4v) is 3.14. The fraction of sp³-hybridized carbons (Fsp3) is 0.474. The number of ether oxygens (including phenoxy) is 1. The van der Waals surface area contributed by atoms with Gasteiger partial charge in [0, 0.05) is 6.42 Å². The lowest BCUT2D eigenvalue weighted by Crippen LogP contribution is -2.67. The largest absolute Gasteiger partial charge is 0.447 e. The van der Waals surface area contributed by atoms with Crippen LogP contribution in [-0.4, -0.2) is 27.9 Å². The molecule has 4 nitrogen and oxygen atoms in total. The van der Waals surface area contributed by atoms with E-state index in [1.807, 2.05) is 44.2 Å². The van der Waals surface area contributed by atoms with Crippen LogP contribution in [0.3, 0.4) is 0 Å². The van der Waals surface area contributed by atoms with E-state index in [9.17, 15) is 9.59 Å². The number of cyclic esters (lactones) is 1. The second kappa shape index (κ2) is 6.19. The summed E-state index contributed by atoms with van der Waals surface area (Å²) in [7, 11) is 0. The molecule has 0 aromatic heterocycles. The van der Waals surface area contributed by atoms with Gasteiger partial charge in [0.25, 0.3) is 5.91 Å². The maximum Gasteiger partial charge on any atom is 0.332 e. The molecular weight excluding hydrogens is 290 g/mol. The van der Waals surface area contributed by atoms with Crippen LogP contribution in [0, 0.1) is 0 Å². The Morgan fingerprint density at radius 1 is 1.26 bits per heavy atom. The topological polar surface area (TPSA) is 46.6 Å². The van der Waals surface area contributed by atoms with Gasteiger partial charge in [-0.05, 0) is 32.8 Å². The van der Waals surface area contributed by atoms with Crippen molar-refractivity contribution in [3.8, 4) is 0 Å². The molecular formula is C19H25NO3. The van der Waals surface area contributed by atoms with Crippen LogP contribution in [0.1, 0.15) is 52.1 Å². The number of hydrogen-bond donors (Lipinski definition) is 0. The highest BCUT2D eigenvalue weighted by molar-refractivity contribution is 5.98. The Labute approximate surface area is 138 Å². The molecule has 0 unspecified atom stereocenters. The SMILES string of the molecule is C=CC[C@]1(C)OC(=O)[C@@](C)(CC)N([C@@H](C)c2ccccc2)C1=O. The Morgan fingerprint density at radius 2 is 1.87 bits per heavy atom. The lowest BCUT2D eigenvalue weighted by Gasteiger charge is -2.51. The smallest absolute Gasteiger partial charge is 0.332 e. The molecule has 124 valence electrons. The molecule has 1 fully saturated rings. The third-order valence-corrected chi connectivity index (χ3v) is 4.85.